The van der Waals surface area contributed by atoms with E-state index in [-0.39, 0.29) is 0 Å². The largest absolute Gasteiger partial charge is 0.443 e. The lowest BCUT2D eigenvalue weighted by molar-refractivity contribution is 0.466. The molecule has 0 unspecified atom stereocenters. The van der Waals surface area contributed by atoms with Crippen molar-refractivity contribution in [3.63, 3.8) is 0 Å². The molecular weight excluding hydrogens is 252 g/mol. The van der Waals surface area contributed by atoms with Crippen LogP contribution < -0.4 is 4.74 Å². The Morgan fingerprint density at radius 2 is 1.65 bits per heavy atom. The molecule has 3 aromatic rings. The summed E-state index contributed by atoms with van der Waals surface area (Å²) in [5.74, 6) is 2.15. The minimum Gasteiger partial charge on any atom is -0.443 e. The number of ether oxygens (including phenoxy) is 1. The van der Waals surface area contributed by atoms with Gasteiger partial charge in [-0.1, -0.05) is 6.07 Å². The SMILES string of the molecule is Cc1cc(C)cc(Oc2ncnc3oc(C)c(C)c23)c1. The summed E-state index contributed by atoms with van der Waals surface area (Å²) in [6, 6.07) is 6.09. The van der Waals surface area contributed by atoms with Crippen LogP contribution in [-0.4, -0.2) is 9.97 Å². The molecule has 0 amide bonds. The van der Waals surface area contributed by atoms with Gasteiger partial charge in [-0.25, -0.2) is 9.97 Å². The molecule has 20 heavy (non-hydrogen) atoms. The molecule has 4 nitrogen and oxygen atoms in total. The van der Waals surface area contributed by atoms with E-state index in [0.717, 1.165) is 33.6 Å². The van der Waals surface area contributed by atoms with Gasteiger partial charge in [-0.15, -0.1) is 0 Å². The molecule has 0 spiro atoms. The topological polar surface area (TPSA) is 48.2 Å². The zero-order chi connectivity index (χ0) is 14.3. The summed E-state index contributed by atoms with van der Waals surface area (Å²) >= 11 is 0. The van der Waals surface area contributed by atoms with Crippen LogP contribution in [0.2, 0.25) is 0 Å². The number of hydrogen-bond donors (Lipinski definition) is 0. The van der Waals surface area contributed by atoms with Gasteiger partial charge < -0.3 is 9.15 Å². The number of hydrogen-bond acceptors (Lipinski definition) is 4. The second kappa shape index (κ2) is 4.63. The number of aromatic nitrogens is 2. The Morgan fingerprint density at radius 3 is 2.35 bits per heavy atom. The minimum atomic E-state index is 0.536. The highest BCUT2D eigenvalue weighted by Gasteiger charge is 2.15. The molecule has 4 heteroatoms. The van der Waals surface area contributed by atoms with E-state index in [4.69, 9.17) is 9.15 Å². The average Bonchev–Trinajstić information content (AvgIpc) is 2.65. The van der Waals surface area contributed by atoms with Crippen molar-refractivity contribution >= 4 is 11.1 Å². The third-order valence-electron chi connectivity index (χ3n) is 3.34. The normalized spacial score (nSPS) is 11.0. The highest BCUT2D eigenvalue weighted by Crippen LogP contribution is 2.32. The molecule has 0 radical (unpaired) electrons. The van der Waals surface area contributed by atoms with Crippen molar-refractivity contribution in [1.82, 2.24) is 9.97 Å². The summed E-state index contributed by atoms with van der Waals surface area (Å²) < 4.78 is 11.5. The highest BCUT2D eigenvalue weighted by molar-refractivity contribution is 5.83. The lowest BCUT2D eigenvalue weighted by atomic mass is 10.1. The predicted octanol–water partition coefficient (Wildman–Crippen LogP) is 4.25. The van der Waals surface area contributed by atoms with E-state index in [1.165, 1.54) is 6.33 Å². The van der Waals surface area contributed by atoms with Crippen molar-refractivity contribution < 1.29 is 9.15 Å². The van der Waals surface area contributed by atoms with Crippen molar-refractivity contribution in [3.05, 3.63) is 47.0 Å². The Kier molecular flexibility index (Phi) is 2.93. The molecule has 0 atom stereocenters. The van der Waals surface area contributed by atoms with Crippen molar-refractivity contribution in [2.45, 2.75) is 27.7 Å². The number of furan rings is 1. The summed E-state index contributed by atoms with van der Waals surface area (Å²) in [4.78, 5) is 8.38. The molecular formula is C16H16N2O2. The Morgan fingerprint density at radius 1 is 0.950 bits per heavy atom. The van der Waals surface area contributed by atoms with E-state index in [1.54, 1.807) is 0 Å². The quantitative estimate of drug-likeness (QED) is 0.697. The van der Waals surface area contributed by atoms with Crippen LogP contribution in [0.3, 0.4) is 0 Å². The van der Waals surface area contributed by atoms with Crippen molar-refractivity contribution in [3.8, 4) is 11.6 Å². The first-order chi connectivity index (χ1) is 9.54. The Bertz CT molecular complexity index is 770. The van der Waals surface area contributed by atoms with E-state index in [0.29, 0.717) is 11.6 Å². The van der Waals surface area contributed by atoms with Crippen LogP contribution in [0.25, 0.3) is 11.1 Å². The summed E-state index contributed by atoms with van der Waals surface area (Å²) in [5.41, 5.74) is 3.89. The average molecular weight is 268 g/mol. The molecule has 0 bridgehead atoms. The molecule has 0 fully saturated rings. The Hall–Kier alpha value is -2.36. The molecule has 2 heterocycles. The second-order valence-electron chi connectivity index (χ2n) is 5.07. The lowest BCUT2D eigenvalue weighted by Crippen LogP contribution is -1.92. The molecule has 102 valence electrons. The van der Waals surface area contributed by atoms with E-state index in [9.17, 15) is 0 Å². The van der Waals surface area contributed by atoms with Gasteiger partial charge in [0.1, 0.15) is 23.2 Å². The predicted molar refractivity (Wildman–Crippen MR) is 77.3 cm³/mol. The van der Waals surface area contributed by atoms with Crippen LogP contribution in [0.4, 0.5) is 0 Å². The van der Waals surface area contributed by atoms with Gasteiger partial charge in [-0.2, -0.15) is 0 Å². The van der Waals surface area contributed by atoms with Crippen molar-refractivity contribution in [2.24, 2.45) is 0 Å². The van der Waals surface area contributed by atoms with Crippen LogP contribution in [0.5, 0.6) is 11.6 Å². The van der Waals surface area contributed by atoms with Crippen LogP contribution in [0, 0.1) is 27.7 Å². The fourth-order valence-electron chi connectivity index (χ4n) is 2.33. The van der Waals surface area contributed by atoms with Crippen molar-refractivity contribution in [1.29, 1.82) is 0 Å². The van der Waals surface area contributed by atoms with Gasteiger partial charge in [0.05, 0.1) is 0 Å². The number of benzene rings is 1. The van der Waals surface area contributed by atoms with E-state index in [2.05, 4.69) is 16.0 Å². The first kappa shape index (κ1) is 12.7. The first-order valence-electron chi connectivity index (χ1n) is 6.51. The minimum absolute atomic E-state index is 0.536. The van der Waals surface area contributed by atoms with Crippen LogP contribution in [0.15, 0.2) is 28.9 Å². The van der Waals surface area contributed by atoms with Gasteiger partial charge in [0, 0.05) is 5.56 Å². The van der Waals surface area contributed by atoms with Gasteiger partial charge >= 0.3 is 0 Å². The third-order valence-corrected chi connectivity index (χ3v) is 3.34. The second-order valence-corrected chi connectivity index (χ2v) is 5.07. The molecule has 0 saturated carbocycles. The molecule has 3 rings (SSSR count). The van der Waals surface area contributed by atoms with Crippen LogP contribution in [-0.2, 0) is 0 Å². The lowest BCUT2D eigenvalue weighted by Gasteiger charge is -2.07. The molecule has 0 aliphatic heterocycles. The number of rotatable bonds is 2. The maximum absolute atomic E-state index is 5.94. The maximum atomic E-state index is 5.94. The maximum Gasteiger partial charge on any atom is 0.233 e. The van der Waals surface area contributed by atoms with Gasteiger partial charge in [0.25, 0.3) is 0 Å². The van der Waals surface area contributed by atoms with Gasteiger partial charge in [0.15, 0.2) is 0 Å². The van der Waals surface area contributed by atoms with E-state index < -0.39 is 0 Å². The zero-order valence-corrected chi connectivity index (χ0v) is 12.0. The standard InChI is InChI=1S/C16H16N2O2/c1-9-5-10(2)7-13(6-9)20-16-14-11(3)12(4)19-15(14)17-8-18-16/h5-8H,1-4H3. The van der Waals surface area contributed by atoms with Crippen molar-refractivity contribution in [2.75, 3.05) is 0 Å². The molecule has 2 aromatic heterocycles. The molecule has 1 aromatic carbocycles. The van der Waals surface area contributed by atoms with Gasteiger partial charge in [0.2, 0.25) is 11.6 Å². The smallest absolute Gasteiger partial charge is 0.233 e. The zero-order valence-electron chi connectivity index (χ0n) is 12.0. The fraction of sp³-hybridized carbons (Fsp3) is 0.250. The number of nitrogens with zero attached hydrogens (tertiary/aromatic N) is 2. The molecule has 0 saturated heterocycles. The number of fused-ring (bicyclic) bond motifs is 1. The third kappa shape index (κ3) is 2.13. The number of aryl methyl sites for hydroxylation is 4. The molecule has 0 N–H and O–H groups in total. The monoisotopic (exact) mass is 268 g/mol. The Labute approximate surface area is 117 Å². The van der Waals surface area contributed by atoms with E-state index in [1.807, 2.05) is 39.8 Å². The summed E-state index contributed by atoms with van der Waals surface area (Å²) in [7, 11) is 0. The Balaban J connectivity index is 2.10. The van der Waals surface area contributed by atoms with Gasteiger partial charge in [-0.05, 0) is 51.0 Å². The molecule has 0 aliphatic rings. The highest BCUT2D eigenvalue weighted by atomic mass is 16.5. The summed E-state index contributed by atoms with van der Waals surface area (Å²) in [5, 5.41) is 0.837. The van der Waals surface area contributed by atoms with Crippen LogP contribution in [0.1, 0.15) is 22.5 Å². The summed E-state index contributed by atoms with van der Waals surface area (Å²) in [6.07, 6.45) is 1.46. The molecule has 0 aliphatic carbocycles. The fourth-order valence-corrected chi connectivity index (χ4v) is 2.33. The van der Waals surface area contributed by atoms with Crippen LogP contribution >= 0.6 is 0 Å². The van der Waals surface area contributed by atoms with Gasteiger partial charge in [-0.3, -0.25) is 0 Å². The summed E-state index contributed by atoms with van der Waals surface area (Å²) in [6.45, 7) is 7.99. The first-order valence-corrected chi connectivity index (χ1v) is 6.51. The van der Waals surface area contributed by atoms with E-state index >= 15 is 0 Å².